The van der Waals surface area contributed by atoms with Gasteiger partial charge in [-0.15, -0.1) is 0 Å². The molecule has 0 saturated heterocycles. The lowest BCUT2D eigenvalue weighted by Gasteiger charge is -2.03. The molecule has 1 aromatic rings. The van der Waals surface area contributed by atoms with Gasteiger partial charge >= 0.3 is 0 Å². The van der Waals surface area contributed by atoms with Crippen LogP contribution in [0.25, 0.3) is 0 Å². The van der Waals surface area contributed by atoms with Crippen molar-refractivity contribution >= 4 is 5.91 Å². The summed E-state index contributed by atoms with van der Waals surface area (Å²) in [6.07, 6.45) is 1.64. The van der Waals surface area contributed by atoms with E-state index < -0.39 is 0 Å². The van der Waals surface area contributed by atoms with E-state index in [1.54, 1.807) is 25.3 Å². The van der Waals surface area contributed by atoms with Gasteiger partial charge in [0.2, 0.25) is 0 Å². The molecular formula is C8H10N2O2. The summed E-state index contributed by atoms with van der Waals surface area (Å²) in [6.45, 7) is 1.77. The Bertz CT molecular complexity index is 286. The summed E-state index contributed by atoms with van der Waals surface area (Å²) in [5.41, 5.74) is 3.44. The van der Waals surface area contributed by atoms with Crippen molar-refractivity contribution in [2.45, 2.75) is 6.92 Å². The lowest BCUT2D eigenvalue weighted by atomic mass is 10.2. The minimum absolute atomic E-state index is 0.275. The molecule has 1 N–H and O–H groups in total. The number of nitrogens with one attached hydrogen (secondary N) is 1. The van der Waals surface area contributed by atoms with Gasteiger partial charge in [-0.05, 0) is 19.1 Å². The Labute approximate surface area is 70.5 Å². The molecule has 1 heterocycles. The van der Waals surface area contributed by atoms with E-state index in [0.29, 0.717) is 11.3 Å². The molecule has 0 bridgehead atoms. The zero-order valence-corrected chi connectivity index (χ0v) is 7.00. The number of rotatable bonds is 2. The lowest BCUT2D eigenvalue weighted by molar-refractivity contribution is 0.0536. The molecule has 0 fully saturated rings. The molecule has 0 aliphatic rings. The SMILES string of the molecule is CONC(=O)c1cccnc1C. The summed E-state index contributed by atoms with van der Waals surface area (Å²) in [4.78, 5) is 19.6. The summed E-state index contributed by atoms with van der Waals surface area (Å²) in [5, 5.41) is 0. The minimum atomic E-state index is -0.275. The number of hydrogen-bond acceptors (Lipinski definition) is 3. The number of carbonyl (C=O) groups excluding carboxylic acids is 1. The van der Waals surface area contributed by atoms with Crippen molar-refractivity contribution in [3.05, 3.63) is 29.6 Å². The predicted molar refractivity (Wildman–Crippen MR) is 43.4 cm³/mol. The predicted octanol–water partition coefficient (Wildman–Crippen LogP) is 0.681. The van der Waals surface area contributed by atoms with Crippen molar-refractivity contribution < 1.29 is 9.63 Å². The Kier molecular flexibility index (Phi) is 2.76. The van der Waals surface area contributed by atoms with Crippen molar-refractivity contribution in [3.8, 4) is 0 Å². The fourth-order valence-corrected chi connectivity index (χ4v) is 0.872. The van der Waals surface area contributed by atoms with Gasteiger partial charge in [0, 0.05) is 6.20 Å². The summed E-state index contributed by atoms with van der Waals surface area (Å²) in [6, 6.07) is 3.40. The molecule has 1 amide bonds. The Hall–Kier alpha value is -1.42. The highest BCUT2D eigenvalue weighted by Crippen LogP contribution is 2.02. The highest BCUT2D eigenvalue weighted by Gasteiger charge is 2.07. The van der Waals surface area contributed by atoms with E-state index in [-0.39, 0.29) is 5.91 Å². The third kappa shape index (κ3) is 1.79. The van der Waals surface area contributed by atoms with E-state index in [2.05, 4.69) is 15.3 Å². The molecule has 0 aromatic carbocycles. The second-order valence-electron chi connectivity index (χ2n) is 2.27. The van der Waals surface area contributed by atoms with Gasteiger partial charge in [-0.3, -0.25) is 14.6 Å². The molecule has 12 heavy (non-hydrogen) atoms. The van der Waals surface area contributed by atoms with Crippen LogP contribution in [0, 0.1) is 6.92 Å². The fraction of sp³-hybridized carbons (Fsp3) is 0.250. The third-order valence-corrected chi connectivity index (χ3v) is 1.45. The van der Waals surface area contributed by atoms with Crippen LogP contribution >= 0.6 is 0 Å². The number of nitrogens with zero attached hydrogens (tertiary/aromatic N) is 1. The van der Waals surface area contributed by atoms with Crippen LogP contribution in [0.4, 0.5) is 0 Å². The van der Waals surface area contributed by atoms with Crippen molar-refractivity contribution in [3.63, 3.8) is 0 Å². The van der Waals surface area contributed by atoms with Gasteiger partial charge in [-0.25, -0.2) is 5.48 Å². The lowest BCUT2D eigenvalue weighted by Crippen LogP contribution is -2.22. The number of hydrogen-bond donors (Lipinski definition) is 1. The second-order valence-corrected chi connectivity index (χ2v) is 2.27. The van der Waals surface area contributed by atoms with Crippen LogP contribution in [0.2, 0.25) is 0 Å². The van der Waals surface area contributed by atoms with Gasteiger partial charge in [0.1, 0.15) is 0 Å². The molecule has 0 unspecified atom stereocenters. The number of pyridine rings is 1. The molecule has 0 atom stereocenters. The Morgan fingerprint density at radius 3 is 3.00 bits per heavy atom. The summed E-state index contributed by atoms with van der Waals surface area (Å²) >= 11 is 0. The largest absolute Gasteiger partial charge is 0.277 e. The Morgan fingerprint density at radius 2 is 2.42 bits per heavy atom. The maximum atomic E-state index is 11.2. The van der Waals surface area contributed by atoms with Gasteiger partial charge < -0.3 is 0 Å². The molecule has 0 saturated carbocycles. The van der Waals surface area contributed by atoms with Gasteiger partial charge in [-0.1, -0.05) is 0 Å². The van der Waals surface area contributed by atoms with Crippen molar-refractivity contribution in [1.29, 1.82) is 0 Å². The van der Waals surface area contributed by atoms with Crippen molar-refractivity contribution in [2.75, 3.05) is 7.11 Å². The van der Waals surface area contributed by atoms with Crippen LogP contribution in [-0.4, -0.2) is 18.0 Å². The van der Waals surface area contributed by atoms with E-state index in [1.165, 1.54) is 7.11 Å². The molecule has 0 radical (unpaired) electrons. The Balaban J connectivity index is 2.87. The van der Waals surface area contributed by atoms with Crippen LogP contribution < -0.4 is 5.48 Å². The van der Waals surface area contributed by atoms with Gasteiger partial charge in [-0.2, -0.15) is 0 Å². The zero-order chi connectivity index (χ0) is 8.97. The molecule has 0 aliphatic carbocycles. The average Bonchev–Trinajstić information content (AvgIpc) is 2.05. The normalized spacial score (nSPS) is 9.50. The van der Waals surface area contributed by atoms with Gasteiger partial charge in [0.05, 0.1) is 18.4 Å². The summed E-state index contributed by atoms with van der Waals surface area (Å²) in [7, 11) is 1.39. The topological polar surface area (TPSA) is 51.2 Å². The zero-order valence-electron chi connectivity index (χ0n) is 7.00. The van der Waals surface area contributed by atoms with Crippen molar-refractivity contribution in [1.82, 2.24) is 10.5 Å². The highest BCUT2D eigenvalue weighted by molar-refractivity contribution is 5.94. The molecule has 0 aliphatic heterocycles. The van der Waals surface area contributed by atoms with Crippen LogP contribution in [-0.2, 0) is 4.84 Å². The van der Waals surface area contributed by atoms with Crippen molar-refractivity contribution in [2.24, 2.45) is 0 Å². The van der Waals surface area contributed by atoms with Crippen LogP contribution in [0.3, 0.4) is 0 Å². The monoisotopic (exact) mass is 166 g/mol. The van der Waals surface area contributed by atoms with Gasteiger partial charge in [0.25, 0.3) is 5.91 Å². The molecule has 64 valence electrons. The standard InChI is InChI=1S/C8H10N2O2/c1-6-7(4-3-5-9-6)8(11)10-12-2/h3-5H,1-2H3,(H,10,11). The second kappa shape index (κ2) is 3.82. The first kappa shape index (κ1) is 8.67. The average molecular weight is 166 g/mol. The van der Waals surface area contributed by atoms with Gasteiger partial charge in [0.15, 0.2) is 0 Å². The molecule has 1 rings (SSSR count). The van der Waals surface area contributed by atoms with E-state index in [9.17, 15) is 4.79 Å². The minimum Gasteiger partial charge on any atom is -0.277 e. The summed E-state index contributed by atoms with van der Waals surface area (Å²) in [5.74, 6) is -0.275. The third-order valence-electron chi connectivity index (χ3n) is 1.45. The number of hydroxylamine groups is 1. The van der Waals surface area contributed by atoms with E-state index >= 15 is 0 Å². The maximum Gasteiger partial charge on any atom is 0.276 e. The maximum absolute atomic E-state index is 11.2. The van der Waals surface area contributed by atoms with Crippen LogP contribution in [0.1, 0.15) is 16.1 Å². The number of aromatic nitrogens is 1. The smallest absolute Gasteiger partial charge is 0.276 e. The fourth-order valence-electron chi connectivity index (χ4n) is 0.872. The first-order valence-corrected chi connectivity index (χ1v) is 3.50. The molecule has 4 nitrogen and oxygen atoms in total. The quantitative estimate of drug-likeness (QED) is 0.657. The first-order chi connectivity index (χ1) is 5.75. The van der Waals surface area contributed by atoms with Crippen LogP contribution in [0.15, 0.2) is 18.3 Å². The van der Waals surface area contributed by atoms with E-state index in [0.717, 1.165) is 0 Å². The molecule has 4 heteroatoms. The summed E-state index contributed by atoms with van der Waals surface area (Å²) < 4.78 is 0. The van der Waals surface area contributed by atoms with E-state index in [1.807, 2.05) is 0 Å². The molecule has 0 spiro atoms. The number of aryl methyl sites for hydroxylation is 1. The molecule has 1 aromatic heterocycles. The van der Waals surface area contributed by atoms with E-state index in [4.69, 9.17) is 0 Å². The van der Waals surface area contributed by atoms with Crippen LogP contribution in [0.5, 0.6) is 0 Å². The molecular weight excluding hydrogens is 156 g/mol. The first-order valence-electron chi connectivity index (χ1n) is 3.50. The number of amides is 1. The Morgan fingerprint density at radius 1 is 1.67 bits per heavy atom. The number of carbonyl (C=O) groups is 1. The highest BCUT2D eigenvalue weighted by atomic mass is 16.6.